The van der Waals surface area contributed by atoms with Gasteiger partial charge in [0, 0.05) is 42.4 Å². The lowest BCUT2D eigenvalue weighted by Gasteiger charge is -2.36. The van der Waals surface area contributed by atoms with Crippen molar-refractivity contribution in [2.75, 3.05) is 36.8 Å². The van der Waals surface area contributed by atoms with E-state index in [0.29, 0.717) is 35.1 Å². The van der Waals surface area contributed by atoms with E-state index in [-0.39, 0.29) is 34.8 Å². The van der Waals surface area contributed by atoms with Crippen LogP contribution in [-0.4, -0.2) is 97.8 Å². The average Bonchev–Trinajstić information content (AvgIpc) is 3.76. The van der Waals surface area contributed by atoms with Gasteiger partial charge < -0.3 is 25.7 Å². The maximum Gasteiger partial charge on any atom is 0.433 e. The van der Waals surface area contributed by atoms with E-state index >= 15 is 0 Å². The summed E-state index contributed by atoms with van der Waals surface area (Å²) in [7, 11) is 0. The zero-order chi connectivity index (χ0) is 44.1. The predicted molar refractivity (Wildman–Crippen MR) is 224 cm³/mol. The summed E-state index contributed by atoms with van der Waals surface area (Å²) >= 11 is 1.53. The number of fused-ring (bicyclic) bond motifs is 2. The summed E-state index contributed by atoms with van der Waals surface area (Å²) in [5.74, 6) is -2.39. The van der Waals surface area contributed by atoms with Crippen molar-refractivity contribution >= 4 is 62.5 Å². The van der Waals surface area contributed by atoms with Gasteiger partial charge in [-0.1, -0.05) is 12.1 Å². The number of halogens is 3. The first-order chi connectivity index (χ1) is 29.4. The van der Waals surface area contributed by atoms with Gasteiger partial charge in [0.05, 0.1) is 32.0 Å². The maximum absolute atomic E-state index is 13.5. The highest BCUT2D eigenvalue weighted by Crippen LogP contribution is 2.42. The van der Waals surface area contributed by atoms with Crippen molar-refractivity contribution in [1.82, 2.24) is 25.1 Å². The number of nitrogens with one attached hydrogen (secondary N) is 3. The van der Waals surface area contributed by atoms with Crippen LogP contribution in [0.2, 0.25) is 0 Å². The van der Waals surface area contributed by atoms with Gasteiger partial charge in [0.15, 0.2) is 0 Å². The number of carbonyl (C=O) groups excluding carboxylic acids is 5. The normalized spacial score (nSPS) is 22.9. The molecule has 3 fully saturated rings. The van der Waals surface area contributed by atoms with Crippen LogP contribution < -0.4 is 16.0 Å². The van der Waals surface area contributed by atoms with Crippen LogP contribution in [0.3, 0.4) is 0 Å². The number of thiazole rings is 1. The van der Waals surface area contributed by atoms with Crippen LogP contribution in [0.4, 0.5) is 24.5 Å². The monoisotopic (exact) mass is 875 g/mol. The highest BCUT2D eigenvalue weighted by Gasteiger charge is 2.47. The summed E-state index contributed by atoms with van der Waals surface area (Å²) < 4.78 is 40.6. The first kappa shape index (κ1) is 43.4. The number of nitrogens with zero attached hydrogens (tertiary/aromatic N) is 4. The van der Waals surface area contributed by atoms with E-state index in [2.05, 4.69) is 20.5 Å². The number of benzene rings is 2. The van der Waals surface area contributed by atoms with Crippen molar-refractivity contribution in [3.8, 4) is 0 Å². The molecule has 0 radical (unpaired) electrons. The van der Waals surface area contributed by atoms with E-state index in [0.717, 1.165) is 91.3 Å². The lowest BCUT2D eigenvalue weighted by molar-refractivity contribution is -0.143. The molecule has 1 aliphatic carbocycles. The molecule has 2 unspecified atom stereocenters. The molecule has 18 heteroatoms. The molecule has 0 bridgehead atoms. The minimum Gasteiger partial charge on any atom is -0.386 e. The first-order valence-corrected chi connectivity index (χ1v) is 21.8. The van der Waals surface area contributed by atoms with Crippen molar-refractivity contribution < 1.29 is 47.4 Å². The van der Waals surface area contributed by atoms with Crippen LogP contribution in [0.5, 0.6) is 0 Å². The van der Waals surface area contributed by atoms with E-state index in [4.69, 9.17) is 4.98 Å². The molecule has 3 aliphatic heterocycles. The SMILES string of the molecule is CC(C)(O)c1cc2nc(C3CCC(CN4CCC(CCNc5cccc6c5C(=O)N(C5CC(O)C(=O)NC5=O)C6=O)CC4)CC3)sc2cc1NC(=O)c1cccc(C(F)(F)F)n1. The van der Waals surface area contributed by atoms with Crippen molar-refractivity contribution in [2.45, 2.75) is 95.1 Å². The number of rotatable bonds is 11. The number of aliphatic hydroxyl groups excluding tert-OH is 1. The summed E-state index contributed by atoms with van der Waals surface area (Å²) in [6.07, 6.45) is 0.535. The lowest BCUT2D eigenvalue weighted by atomic mass is 9.81. The molecular formula is C44H48F3N7O7S. The van der Waals surface area contributed by atoms with Gasteiger partial charge in [-0.15, -0.1) is 11.3 Å². The first-order valence-electron chi connectivity index (χ1n) is 21.0. The molecule has 5 N–H and O–H groups in total. The third-order valence-electron chi connectivity index (χ3n) is 12.6. The van der Waals surface area contributed by atoms with E-state index in [1.54, 1.807) is 38.1 Å². The van der Waals surface area contributed by atoms with Gasteiger partial charge in [0.1, 0.15) is 23.5 Å². The predicted octanol–water partition coefficient (Wildman–Crippen LogP) is 6.05. The Bertz CT molecular complexity index is 2420. The third kappa shape index (κ3) is 8.96. The largest absolute Gasteiger partial charge is 0.433 e. The number of carbonyl (C=O) groups is 5. The maximum atomic E-state index is 13.5. The standard InChI is InChI=1S/C44H48F3N7O7S/c1-43(2,61)27-19-31-34(20-30(27)50-37(56)29-7-4-8-35(49-29)44(45,46)47)62-40(51-31)25-11-9-24(10-12-25)22-53-17-14-23(15-18-53)13-16-48-28-6-3-5-26-36(28)42(60)54(41(26)59)32-21-33(55)39(58)52-38(32)57/h3-8,19-20,23-25,32-33,48,55,61H,9-18,21-22H2,1-2H3,(H,50,56)(H,52,57,58). The molecule has 2 aromatic carbocycles. The Morgan fingerprint density at radius 2 is 1.63 bits per heavy atom. The molecule has 328 valence electrons. The number of pyridine rings is 1. The Morgan fingerprint density at radius 3 is 2.34 bits per heavy atom. The Hall–Kier alpha value is -5.30. The van der Waals surface area contributed by atoms with Gasteiger partial charge in [-0.05, 0) is 120 Å². The van der Waals surface area contributed by atoms with Gasteiger partial charge in [0.25, 0.3) is 23.6 Å². The number of imide groups is 2. The number of alkyl halides is 3. The Labute approximate surface area is 359 Å². The number of hydrogen-bond donors (Lipinski definition) is 5. The second-order valence-electron chi connectivity index (χ2n) is 17.3. The molecule has 4 aromatic rings. The molecule has 5 heterocycles. The van der Waals surface area contributed by atoms with Crippen LogP contribution in [0.15, 0.2) is 48.5 Å². The summed E-state index contributed by atoms with van der Waals surface area (Å²) in [5.41, 5.74) is -0.693. The quantitative estimate of drug-likeness (QED) is 0.110. The Kier molecular flexibility index (Phi) is 12.0. The second-order valence-corrected chi connectivity index (χ2v) is 18.4. The number of aliphatic hydroxyl groups is 2. The molecule has 8 rings (SSSR count). The molecule has 1 saturated carbocycles. The molecule has 2 aromatic heterocycles. The topological polar surface area (TPSA) is 194 Å². The van der Waals surface area contributed by atoms with E-state index < -0.39 is 59.2 Å². The van der Waals surface area contributed by atoms with Crippen LogP contribution in [0.1, 0.15) is 119 Å². The number of anilines is 2. The van der Waals surface area contributed by atoms with E-state index in [1.165, 1.54) is 23.5 Å². The summed E-state index contributed by atoms with van der Waals surface area (Å²) in [6.45, 7) is 6.77. The summed E-state index contributed by atoms with van der Waals surface area (Å²) in [6, 6.07) is 10.3. The molecule has 2 saturated heterocycles. The number of hydrogen-bond acceptors (Lipinski definition) is 12. The van der Waals surface area contributed by atoms with Gasteiger partial charge in [-0.25, -0.2) is 9.97 Å². The third-order valence-corrected chi connectivity index (χ3v) is 13.7. The fraction of sp³-hybridized carbons (Fsp3) is 0.477. The molecule has 0 spiro atoms. The van der Waals surface area contributed by atoms with E-state index in [9.17, 15) is 47.4 Å². The minimum absolute atomic E-state index is 0.179. The zero-order valence-electron chi connectivity index (χ0n) is 34.3. The fourth-order valence-electron chi connectivity index (χ4n) is 9.18. The van der Waals surface area contributed by atoms with Crippen LogP contribution in [0, 0.1) is 11.8 Å². The van der Waals surface area contributed by atoms with Crippen LogP contribution >= 0.6 is 11.3 Å². The number of amides is 5. The van der Waals surface area contributed by atoms with Gasteiger partial charge >= 0.3 is 6.18 Å². The number of aromatic nitrogens is 2. The van der Waals surface area contributed by atoms with Crippen molar-refractivity contribution in [1.29, 1.82) is 0 Å². The molecule has 62 heavy (non-hydrogen) atoms. The number of likely N-dealkylation sites (tertiary alicyclic amines) is 1. The molecular weight excluding hydrogens is 828 g/mol. The highest BCUT2D eigenvalue weighted by atomic mass is 32.1. The highest BCUT2D eigenvalue weighted by molar-refractivity contribution is 7.18. The van der Waals surface area contributed by atoms with Crippen LogP contribution in [0.25, 0.3) is 10.2 Å². The van der Waals surface area contributed by atoms with Gasteiger partial charge in [-0.3, -0.25) is 34.2 Å². The van der Waals surface area contributed by atoms with Gasteiger partial charge in [-0.2, -0.15) is 13.2 Å². The second kappa shape index (κ2) is 17.1. The van der Waals surface area contributed by atoms with Crippen molar-refractivity contribution in [2.24, 2.45) is 11.8 Å². The zero-order valence-corrected chi connectivity index (χ0v) is 35.1. The van der Waals surface area contributed by atoms with E-state index in [1.807, 2.05) is 5.32 Å². The molecule has 4 aliphatic rings. The smallest absolute Gasteiger partial charge is 0.386 e. The average molecular weight is 876 g/mol. The van der Waals surface area contributed by atoms with Crippen molar-refractivity contribution in [3.63, 3.8) is 0 Å². The minimum atomic E-state index is -4.70. The Morgan fingerprint density at radius 1 is 0.903 bits per heavy atom. The molecule has 2 atom stereocenters. The number of piperidine rings is 2. The summed E-state index contributed by atoms with van der Waals surface area (Å²) in [4.78, 5) is 75.8. The molecule has 14 nitrogen and oxygen atoms in total. The lowest BCUT2D eigenvalue weighted by Crippen LogP contribution is -2.58. The molecule has 5 amide bonds. The Balaban J connectivity index is 0.812. The summed E-state index contributed by atoms with van der Waals surface area (Å²) in [5, 5.41) is 30.0. The van der Waals surface area contributed by atoms with Crippen LogP contribution in [-0.2, 0) is 21.4 Å². The van der Waals surface area contributed by atoms with Crippen molar-refractivity contribution in [3.05, 3.63) is 81.6 Å². The fourth-order valence-corrected chi connectivity index (χ4v) is 10.3. The van der Waals surface area contributed by atoms with Gasteiger partial charge in [0.2, 0.25) is 5.91 Å².